The normalized spacial score (nSPS) is 23.2. The van der Waals surface area contributed by atoms with E-state index in [1.807, 2.05) is 29.2 Å². The maximum absolute atomic E-state index is 12.3. The predicted molar refractivity (Wildman–Crippen MR) is 72.5 cm³/mol. The van der Waals surface area contributed by atoms with Crippen molar-refractivity contribution in [2.24, 2.45) is 5.92 Å². The second-order valence-corrected chi connectivity index (χ2v) is 5.60. The first kappa shape index (κ1) is 11.0. The number of aromatic amines is 1. The number of aromatic nitrogens is 2. The number of hydrogen-bond acceptors (Lipinski definition) is 2. The van der Waals surface area contributed by atoms with Gasteiger partial charge in [-0.15, -0.1) is 0 Å². The summed E-state index contributed by atoms with van der Waals surface area (Å²) in [5, 5.41) is 0. The van der Waals surface area contributed by atoms with Crippen molar-refractivity contribution in [1.29, 1.82) is 0 Å². The van der Waals surface area contributed by atoms with Gasteiger partial charge in [-0.1, -0.05) is 12.1 Å². The molecule has 2 aromatic rings. The number of imidazole rings is 1. The molecule has 0 unspecified atom stereocenters. The van der Waals surface area contributed by atoms with Gasteiger partial charge < -0.3 is 9.88 Å². The van der Waals surface area contributed by atoms with E-state index in [-0.39, 0.29) is 6.04 Å². The molecule has 0 spiro atoms. The van der Waals surface area contributed by atoms with Crippen molar-refractivity contribution in [1.82, 2.24) is 14.9 Å². The van der Waals surface area contributed by atoms with E-state index in [9.17, 15) is 4.79 Å². The van der Waals surface area contributed by atoms with Gasteiger partial charge in [-0.2, -0.15) is 0 Å². The molecule has 1 saturated heterocycles. The number of carbonyl (C=O) groups excluding carboxylic acids is 1. The Bertz CT molecular complexity index is 596. The van der Waals surface area contributed by atoms with E-state index in [0.717, 1.165) is 49.1 Å². The highest BCUT2D eigenvalue weighted by atomic mass is 16.2. The fraction of sp³-hybridized carbons (Fsp3) is 0.467. The Balaban J connectivity index is 1.67. The highest BCUT2D eigenvalue weighted by molar-refractivity contribution is 5.82. The van der Waals surface area contributed by atoms with Crippen LogP contribution in [0.5, 0.6) is 0 Å². The number of hydrogen-bond donors (Lipinski definition) is 1. The number of carbonyl (C=O) groups is 1. The second kappa shape index (κ2) is 4.08. The number of amides is 1. The van der Waals surface area contributed by atoms with Crippen molar-refractivity contribution in [3.8, 4) is 0 Å². The van der Waals surface area contributed by atoms with Crippen molar-refractivity contribution >= 4 is 16.9 Å². The molecular weight excluding hydrogens is 238 g/mol. The Morgan fingerprint density at radius 1 is 1.26 bits per heavy atom. The molecule has 1 N–H and O–H groups in total. The molecule has 1 saturated carbocycles. The van der Waals surface area contributed by atoms with Crippen LogP contribution in [0, 0.1) is 5.92 Å². The fourth-order valence-corrected chi connectivity index (χ4v) is 3.01. The van der Waals surface area contributed by atoms with Gasteiger partial charge in [0.15, 0.2) is 0 Å². The van der Waals surface area contributed by atoms with Crippen LogP contribution in [-0.4, -0.2) is 27.3 Å². The van der Waals surface area contributed by atoms with E-state index in [1.54, 1.807) is 0 Å². The third-order valence-electron chi connectivity index (χ3n) is 4.19. The third kappa shape index (κ3) is 1.82. The summed E-state index contributed by atoms with van der Waals surface area (Å²) < 4.78 is 0. The topological polar surface area (TPSA) is 49.0 Å². The summed E-state index contributed by atoms with van der Waals surface area (Å²) in [5.41, 5.74) is 2.05. The Hall–Kier alpha value is -1.84. The summed E-state index contributed by atoms with van der Waals surface area (Å²) in [6.07, 6.45) is 4.25. The molecule has 1 aromatic carbocycles. The lowest BCUT2D eigenvalue weighted by Gasteiger charge is -2.23. The Morgan fingerprint density at radius 2 is 2.11 bits per heavy atom. The molecule has 2 aliphatic rings. The van der Waals surface area contributed by atoms with Gasteiger partial charge in [0.05, 0.1) is 17.1 Å². The second-order valence-electron chi connectivity index (χ2n) is 5.60. The molecule has 4 rings (SSSR count). The number of nitrogens with zero attached hydrogens (tertiary/aromatic N) is 2. The molecule has 2 heterocycles. The van der Waals surface area contributed by atoms with Gasteiger partial charge in [0.2, 0.25) is 5.91 Å². The van der Waals surface area contributed by atoms with E-state index in [2.05, 4.69) is 9.97 Å². The highest BCUT2D eigenvalue weighted by Gasteiger charge is 2.39. The van der Waals surface area contributed by atoms with Crippen LogP contribution in [0.1, 0.15) is 37.5 Å². The molecule has 1 aliphatic carbocycles. The number of rotatable bonds is 2. The molecular formula is C15H17N3O. The number of nitrogens with one attached hydrogen (secondary N) is 1. The molecule has 0 bridgehead atoms. The zero-order valence-electron chi connectivity index (χ0n) is 10.8. The van der Waals surface area contributed by atoms with Crippen molar-refractivity contribution in [2.45, 2.75) is 31.7 Å². The minimum atomic E-state index is 0.153. The summed E-state index contributed by atoms with van der Waals surface area (Å²) in [5.74, 6) is 1.58. The van der Waals surface area contributed by atoms with Crippen molar-refractivity contribution in [3.05, 3.63) is 30.1 Å². The van der Waals surface area contributed by atoms with Crippen LogP contribution < -0.4 is 0 Å². The van der Waals surface area contributed by atoms with Gasteiger partial charge in [0.1, 0.15) is 5.82 Å². The van der Waals surface area contributed by atoms with E-state index < -0.39 is 0 Å². The summed E-state index contributed by atoms with van der Waals surface area (Å²) in [6, 6.07) is 8.20. The highest BCUT2D eigenvalue weighted by Crippen LogP contribution is 2.38. The first-order chi connectivity index (χ1) is 9.33. The van der Waals surface area contributed by atoms with Crippen LogP contribution in [0.2, 0.25) is 0 Å². The van der Waals surface area contributed by atoms with Gasteiger partial charge in [-0.3, -0.25) is 4.79 Å². The Morgan fingerprint density at radius 3 is 2.89 bits per heavy atom. The fourth-order valence-electron chi connectivity index (χ4n) is 3.01. The number of benzene rings is 1. The monoisotopic (exact) mass is 255 g/mol. The lowest BCUT2D eigenvalue weighted by Crippen LogP contribution is -2.32. The summed E-state index contributed by atoms with van der Waals surface area (Å²) in [6.45, 7) is 0.886. The molecule has 98 valence electrons. The van der Waals surface area contributed by atoms with E-state index in [4.69, 9.17) is 0 Å². The van der Waals surface area contributed by atoms with Gasteiger partial charge in [-0.25, -0.2) is 4.98 Å². The number of para-hydroxylation sites is 2. The minimum absolute atomic E-state index is 0.153. The van der Waals surface area contributed by atoms with E-state index >= 15 is 0 Å². The van der Waals surface area contributed by atoms with E-state index in [1.165, 1.54) is 0 Å². The third-order valence-corrected chi connectivity index (χ3v) is 4.19. The quantitative estimate of drug-likeness (QED) is 0.896. The average Bonchev–Trinajstić information content (AvgIpc) is 3.02. The molecule has 4 nitrogen and oxygen atoms in total. The maximum Gasteiger partial charge on any atom is 0.226 e. The van der Waals surface area contributed by atoms with Crippen LogP contribution in [0.3, 0.4) is 0 Å². The zero-order valence-corrected chi connectivity index (χ0v) is 10.8. The Labute approximate surface area is 111 Å². The SMILES string of the molecule is O=C(C1CC1)N1CCC[C@H]1c1nc2ccccc2[nH]1. The first-order valence-electron chi connectivity index (χ1n) is 7.08. The van der Waals surface area contributed by atoms with Crippen LogP contribution >= 0.6 is 0 Å². The predicted octanol–water partition coefficient (Wildman–Crippen LogP) is 2.64. The molecule has 1 aliphatic heterocycles. The van der Waals surface area contributed by atoms with E-state index in [0.29, 0.717) is 11.8 Å². The molecule has 1 amide bonds. The smallest absolute Gasteiger partial charge is 0.226 e. The van der Waals surface area contributed by atoms with Gasteiger partial charge in [0.25, 0.3) is 0 Å². The zero-order chi connectivity index (χ0) is 12.8. The molecule has 0 radical (unpaired) electrons. The number of H-pyrrole nitrogens is 1. The maximum atomic E-state index is 12.3. The van der Waals surface area contributed by atoms with Gasteiger partial charge >= 0.3 is 0 Å². The van der Waals surface area contributed by atoms with Crippen molar-refractivity contribution in [3.63, 3.8) is 0 Å². The summed E-state index contributed by atoms with van der Waals surface area (Å²) in [7, 11) is 0. The number of fused-ring (bicyclic) bond motifs is 1. The van der Waals surface area contributed by atoms with Gasteiger partial charge in [0, 0.05) is 12.5 Å². The van der Waals surface area contributed by atoms with Gasteiger partial charge in [-0.05, 0) is 37.8 Å². The minimum Gasteiger partial charge on any atom is -0.340 e. The van der Waals surface area contributed by atoms with Crippen LogP contribution in [0.4, 0.5) is 0 Å². The summed E-state index contributed by atoms with van der Waals surface area (Å²) >= 11 is 0. The largest absolute Gasteiger partial charge is 0.340 e. The lowest BCUT2D eigenvalue weighted by molar-refractivity contribution is -0.133. The van der Waals surface area contributed by atoms with Crippen LogP contribution in [0.15, 0.2) is 24.3 Å². The molecule has 2 fully saturated rings. The van der Waals surface area contributed by atoms with Crippen LogP contribution in [0.25, 0.3) is 11.0 Å². The summed E-state index contributed by atoms with van der Waals surface area (Å²) in [4.78, 5) is 22.4. The van der Waals surface area contributed by atoms with Crippen LogP contribution in [-0.2, 0) is 4.79 Å². The van der Waals surface area contributed by atoms with Crippen molar-refractivity contribution in [2.75, 3.05) is 6.54 Å². The molecule has 1 atom stereocenters. The lowest BCUT2D eigenvalue weighted by atomic mass is 10.2. The molecule has 1 aromatic heterocycles. The first-order valence-corrected chi connectivity index (χ1v) is 7.08. The standard InChI is InChI=1S/C15H17N3O/c19-15(10-7-8-10)18-9-3-6-13(18)14-16-11-4-1-2-5-12(11)17-14/h1-2,4-5,10,13H,3,6-9H2,(H,16,17)/t13-/m0/s1. The molecule has 19 heavy (non-hydrogen) atoms. The average molecular weight is 255 g/mol. The van der Waals surface area contributed by atoms with Crippen molar-refractivity contribution < 1.29 is 4.79 Å². The number of likely N-dealkylation sites (tertiary alicyclic amines) is 1. The Kier molecular flexibility index (Phi) is 2.37. The molecule has 4 heteroatoms.